The first kappa shape index (κ1) is 9.82. The summed E-state index contributed by atoms with van der Waals surface area (Å²) in [7, 11) is 1.94. The lowest BCUT2D eigenvalue weighted by Gasteiger charge is -2.11. The summed E-state index contributed by atoms with van der Waals surface area (Å²) in [6.45, 7) is 3.03. The van der Waals surface area contributed by atoms with E-state index >= 15 is 0 Å². The van der Waals surface area contributed by atoms with Crippen LogP contribution in [0.4, 0.5) is 0 Å². The van der Waals surface area contributed by atoms with E-state index in [1.165, 1.54) is 0 Å². The zero-order valence-corrected chi connectivity index (χ0v) is 8.12. The summed E-state index contributed by atoms with van der Waals surface area (Å²) >= 11 is 0. The van der Waals surface area contributed by atoms with E-state index in [0.717, 1.165) is 18.8 Å². The first-order valence-corrected chi connectivity index (χ1v) is 4.46. The number of nitrogens with one attached hydrogen (secondary N) is 1. The van der Waals surface area contributed by atoms with Gasteiger partial charge in [0.15, 0.2) is 0 Å². The standard InChI is InChI=1S/C10H15N3/c1-4-6-11-9(5-2)10-12-7-8-13(10)3/h2,7-9,11H,4,6H2,1,3H3. The highest BCUT2D eigenvalue weighted by Crippen LogP contribution is 2.07. The third kappa shape index (κ3) is 2.33. The lowest BCUT2D eigenvalue weighted by molar-refractivity contribution is 0.582. The van der Waals surface area contributed by atoms with Crippen LogP contribution >= 0.6 is 0 Å². The van der Waals surface area contributed by atoms with E-state index in [1.807, 2.05) is 17.8 Å². The van der Waals surface area contributed by atoms with E-state index < -0.39 is 0 Å². The first-order chi connectivity index (χ1) is 6.29. The van der Waals surface area contributed by atoms with E-state index in [-0.39, 0.29) is 6.04 Å². The summed E-state index contributed by atoms with van der Waals surface area (Å²) in [6, 6.07) is -0.0695. The van der Waals surface area contributed by atoms with Crippen molar-refractivity contribution in [2.24, 2.45) is 7.05 Å². The number of terminal acetylenes is 1. The van der Waals surface area contributed by atoms with Gasteiger partial charge in [-0.2, -0.15) is 0 Å². The molecular weight excluding hydrogens is 162 g/mol. The fourth-order valence-corrected chi connectivity index (χ4v) is 1.17. The number of nitrogens with zero attached hydrogens (tertiary/aromatic N) is 2. The minimum absolute atomic E-state index is 0.0695. The van der Waals surface area contributed by atoms with Crippen molar-refractivity contribution in [3.8, 4) is 12.3 Å². The smallest absolute Gasteiger partial charge is 0.138 e. The Morgan fingerprint density at radius 1 is 1.77 bits per heavy atom. The Labute approximate surface area is 79.2 Å². The molecule has 0 spiro atoms. The molecule has 70 valence electrons. The topological polar surface area (TPSA) is 29.9 Å². The summed E-state index contributed by atoms with van der Waals surface area (Å²) in [5, 5.41) is 3.24. The van der Waals surface area contributed by atoms with Crippen molar-refractivity contribution in [2.75, 3.05) is 6.54 Å². The van der Waals surface area contributed by atoms with Gasteiger partial charge >= 0.3 is 0 Å². The molecule has 1 aromatic heterocycles. The Kier molecular flexibility index (Phi) is 3.53. The van der Waals surface area contributed by atoms with Crippen LogP contribution < -0.4 is 5.32 Å². The summed E-state index contributed by atoms with van der Waals surface area (Å²) < 4.78 is 1.94. The van der Waals surface area contributed by atoms with Crippen LogP contribution in [0, 0.1) is 12.3 Å². The number of hydrogen-bond acceptors (Lipinski definition) is 2. The number of imidazole rings is 1. The molecule has 1 atom stereocenters. The van der Waals surface area contributed by atoms with Gasteiger partial charge in [0.05, 0.1) is 0 Å². The first-order valence-electron chi connectivity index (χ1n) is 4.46. The van der Waals surface area contributed by atoms with Gasteiger partial charge in [0.25, 0.3) is 0 Å². The molecule has 1 unspecified atom stereocenters. The molecule has 3 heteroatoms. The van der Waals surface area contributed by atoms with Crippen molar-refractivity contribution < 1.29 is 0 Å². The van der Waals surface area contributed by atoms with Crippen molar-refractivity contribution in [1.82, 2.24) is 14.9 Å². The van der Waals surface area contributed by atoms with Gasteiger partial charge in [0.2, 0.25) is 0 Å². The van der Waals surface area contributed by atoms with E-state index in [0.29, 0.717) is 0 Å². The molecule has 1 aromatic rings. The molecule has 1 rings (SSSR count). The van der Waals surface area contributed by atoms with Crippen LogP contribution in [0.25, 0.3) is 0 Å². The van der Waals surface area contributed by atoms with Gasteiger partial charge in [-0.25, -0.2) is 4.98 Å². The molecule has 3 nitrogen and oxygen atoms in total. The molecular formula is C10H15N3. The van der Waals surface area contributed by atoms with Crippen LogP contribution in [-0.2, 0) is 7.05 Å². The highest BCUT2D eigenvalue weighted by atomic mass is 15.1. The maximum Gasteiger partial charge on any atom is 0.138 e. The van der Waals surface area contributed by atoms with Crippen molar-refractivity contribution in [2.45, 2.75) is 19.4 Å². The lowest BCUT2D eigenvalue weighted by atomic mass is 10.3. The number of aromatic nitrogens is 2. The molecule has 0 saturated heterocycles. The Balaban J connectivity index is 2.68. The highest BCUT2D eigenvalue weighted by Gasteiger charge is 2.10. The van der Waals surface area contributed by atoms with Gasteiger partial charge in [-0.3, -0.25) is 5.32 Å². The van der Waals surface area contributed by atoms with Crippen LogP contribution in [0.15, 0.2) is 12.4 Å². The van der Waals surface area contributed by atoms with Gasteiger partial charge in [-0.05, 0) is 13.0 Å². The molecule has 0 fully saturated rings. The van der Waals surface area contributed by atoms with Crippen molar-refractivity contribution >= 4 is 0 Å². The molecule has 0 aromatic carbocycles. The second-order valence-corrected chi connectivity index (χ2v) is 2.95. The molecule has 1 N–H and O–H groups in total. The summed E-state index contributed by atoms with van der Waals surface area (Å²) in [5.41, 5.74) is 0. The van der Waals surface area contributed by atoms with Gasteiger partial charge in [-0.1, -0.05) is 12.8 Å². The molecule has 0 aliphatic heterocycles. The zero-order chi connectivity index (χ0) is 9.68. The Bertz CT molecular complexity index is 295. The fraction of sp³-hybridized carbons (Fsp3) is 0.500. The second kappa shape index (κ2) is 4.68. The quantitative estimate of drug-likeness (QED) is 0.698. The van der Waals surface area contributed by atoms with E-state index in [9.17, 15) is 0 Å². The summed E-state index contributed by atoms with van der Waals surface area (Å²) in [5.74, 6) is 3.58. The second-order valence-electron chi connectivity index (χ2n) is 2.95. The Morgan fingerprint density at radius 2 is 2.54 bits per heavy atom. The van der Waals surface area contributed by atoms with Crippen LogP contribution in [0.5, 0.6) is 0 Å². The predicted octanol–water partition coefficient (Wildman–Crippen LogP) is 1.09. The van der Waals surface area contributed by atoms with Gasteiger partial charge < -0.3 is 4.57 Å². The molecule has 0 aliphatic carbocycles. The Morgan fingerprint density at radius 3 is 3.00 bits per heavy atom. The molecule has 0 saturated carbocycles. The maximum absolute atomic E-state index is 5.41. The van der Waals surface area contributed by atoms with Crippen molar-refractivity contribution in [3.05, 3.63) is 18.2 Å². The highest BCUT2D eigenvalue weighted by molar-refractivity contribution is 5.12. The lowest BCUT2D eigenvalue weighted by Crippen LogP contribution is -2.23. The summed E-state index contributed by atoms with van der Waals surface area (Å²) in [4.78, 5) is 4.20. The summed E-state index contributed by atoms with van der Waals surface area (Å²) in [6.07, 6.45) is 10.1. The number of hydrogen-bond donors (Lipinski definition) is 1. The van der Waals surface area contributed by atoms with E-state index in [2.05, 4.69) is 23.1 Å². The average Bonchev–Trinajstić information content (AvgIpc) is 2.54. The van der Waals surface area contributed by atoms with Crippen LogP contribution in [-0.4, -0.2) is 16.1 Å². The number of aryl methyl sites for hydroxylation is 1. The monoisotopic (exact) mass is 177 g/mol. The van der Waals surface area contributed by atoms with Gasteiger partial charge in [0.1, 0.15) is 11.9 Å². The largest absolute Gasteiger partial charge is 0.336 e. The van der Waals surface area contributed by atoms with Crippen LogP contribution in [0.1, 0.15) is 25.2 Å². The molecule has 1 heterocycles. The number of rotatable bonds is 4. The maximum atomic E-state index is 5.41. The fourth-order valence-electron chi connectivity index (χ4n) is 1.17. The molecule has 0 aliphatic rings. The van der Waals surface area contributed by atoms with Gasteiger partial charge in [0, 0.05) is 19.4 Å². The third-order valence-electron chi connectivity index (χ3n) is 1.88. The predicted molar refractivity (Wildman–Crippen MR) is 53.1 cm³/mol. The van der Waals surface area contributed by atoms with E-state index in [1.54, 1.807) is 6.20 Å². The SMILES string of the molecule is C#CC(NCCC)c1nccn1C. The zero-order valence-electron chi connectivity index (χ0n) is 8.12. The normalized spacial score (nSPS) is 12.4. The van der Waals surface area contributed by atoms with Crippen LogP contribution in [0.3, 0.4) is 0 Å². The molecule has 0 radical (unpaired) electrons. The minimum atomic E-state index is -0.0695. The van der Waals surface area contributed by atoms with Crippen LogP contribution in [0.2, 0.25) is 0 Å². The third-order valence-corrected chi connectivity index (χ3v) is 1.88. The van der Waals surface area contributed by atoms with Gasteiger partial charge in [-0.15, -0.1) is 6.42 Å². The van der Waals surface area contributed by atoms with Crippen molar-refractivity contribution in [1.29, 1.82) is 0 Å². The Hall–Kier alpha value is -1.27. The minimum Gasteiger partial charge on any atom is -0.336 e. The van der Waals surface area contributed by atoms with Crippen molar-refractivity contribution in [3.63, 3.8) is 0 Å². The van der Waals surface area contributed by atoms with E-state index in [4.69, 9.17) is 6.42 Å². The molecule has 0 amide bonds. The molecule has 13 heavy (non-hydrogen) atoms. The molecule has 0 bridgehead atoms. The average molecular weight is 177 g/mol.